The lowest BCUT2D eigenvalue weighted by atomic mass is 9.98. The Morgan fingerprint density at radius 1 is 1.05 bits per heavy atom. The van der Waals surface area contributed by atoms with Crippen molar-refractivity contribution in [2.45, 2.75) is 45.4 Å². The van der Waals surface area contributed by atoms with Gasteiger partial charge in [0.2, 0.25) is 5.91 Å². The van der Waals surface area contributed by atoms with Crippen LogP contribution in [0.5, 0.6) is 5.75 Å². The molecule has 44 heavy (non-hydrogen) atoms. The van der Waals surface area contributed by atoms with Crippen LogP contribution < -0.4 is 21.1 Å². The number of nitrogen functional groups attached to an aromatic ring is 1. The van der Waals surface area contributed by atoms with Crippen LogP contribution in [-0.2, 0) is 11.3 Å². The Balaban J connectivity index is 1.31. The van der Waals surface area contributed by atoms with Gasteiger partial charge in [0, 0.05) is 37.0 Å². The molecule has 0 bridgehead atoms. The molecule has 3 aromatic carbocycles. The predicted octanol–water partition coefficient (Wildman–Crippen LogP) is 4.22. The summed E-state index contributed by atoms with van der Waals surface area (Å²) >= 11 is 0. The molecule has 232 valence electrons. The minimum atomic E-state index is -0.381. The Bertz CT molecular complexity index is 1510. The number of fused-ring (bicyclic) bond motifs is 1. The van der Waals surface area contributed by atoms with Crippen LogP contribution in [0.4, 0.5) is 17.1 Å². The van der Waals surface area contributed by atoms with Gasteiger partial charge < -0.3 is 31.1 Å². The Morgan fingerprint density at radius 3 is 2.43 bits per heavy atom. The molecule has 0 unspecified atom stereocenters. The second-order valence-electron chi connectivity index (χ2n) is 12.0. The second-order valence-corrected chi connectivity index (χ2v) is 12.0. The summed E-state index contributed by atoms with van der Waals surface area (Å²) in [6.07, 6.45) is 1.40. The average molecular weight is 600 g/mol. The minimum absolute atomic E-state index is 0.00388. The number of nitrogens with one attached hydrogen (secondary N) is 2. The number of carbonyl (C=O) groups excluding carboxylic acids is 3. The van der Waals surface area contributed by atoms with Crippen molar-refractivity contribution in [3.05, 3.63) is 83.4 Å². The van der Waals surface area contributed by atoms with E-state index in [2.05, 4.69) is 15.5 Å². The Kier molecular flexibility index (Phi) is 9.51. The normalized spacial score (nSPS) is 18.9. The Labute approximate surface area is 258 Å². The van der Waals surface area contributed by atoms with Crippen molar-refractivity contribution in [3.63, 3.8) is 0 Å². The molecule has 0 radical (unpaired) electrons. The summed E-state index contributed by atoms with van der Waals surface area (Å²) in [6, 6.07) is 19.4. The summed E-state index contributed by atoms with van der Waals surface area (Å²) in [5.41, 5.74) is 9.42. The number of aliphatic hydroxyl groups excluding tert-OH is 1. The number of para-hydroxylation sites is 3. The predicted molar refractivity (Wildman–Crippen MR) is 171 cm³/mol. The van der Waals surface area contributed by atoms with Crippen LogP contribution in [0.15, 0.2) is 66.7 Å². The molecular formula is C34H41N5O5. The highest BCUT2D eigenvalue weighted by atomic mass is 16.5. The fraction of sp³-hybridized carbons (Fsp3) is 0.382. The number of nitrogens with zero attached hydrogens (tertiary/aromatic N) is 2. The monoisotopic (exact) mass is 599 g/mol. The average Bonchev–Trinajstić information content (AvgIpc) is 3.86. The number of hydrogen-bond donors (Lipinski definition) is 4. The van der Waals surface area contributed by atoms with E-state index in [0.717, 1.165) is 18.4 Å². The Hall–Kier alpha value is -4.41. The minimum Gasteiger partial charge on any atom is -0.486 e. The van der Waals surface area contributed by atoms with Gasteiger partial charge in [-0.25, -0.2) is 0 Å². The van der Waals surface area contributed by atoms with E-state index in [1.807, 2.05) is 45.2 Å². The number of ether oxygens (including phenoxy) is 1. The van der Waals surface area contributed by atoms with E-state index in [-0.39, 0.29) is 48.3 Å². The molecule has 10 heteroatoms. The van der Waals surface area contributed by atoms with Gasteiger partial charge in [-0.1, -0.05) is 37.3 Å². The van der Waals surface area contributed by atoms with Crippen molar-refractivity contribution in [1.29, 1.82) is 0 Å². The molecule has 1 aliphatic heterocycles. The first kappa shape index (κ1) is 31.0. The van der Waals surface area contributed by atoms with E-state index in [1.165, 1.54) is 0 Å². The maximum absolute atomic E-state index is 13.7. The lowest BCUT2D eigenvalue weighted by Crippen LogP contribution is -2.49. The molecular weight excluding hydrogens is 558 g/mol. The van der Waals surface area contributed by atoms with Crippen LogP contribution >= 0.6 is 0 Å². The number of amides is 3. The number of benzene rings is 3. The van der Waals surface area contributed by atoms with E-state index in [9.17, 15) is 19.5 Å². The van der Waals surface area contributed by atoms with Crippen LogP contribution in [0.1, 0.15) is 53.0 Å². The van der Waals surface area contributed by atoms with Gasteiger partial charge in [0.15, 0.2) is 5.75 Å². The van der Waals surface area contributed by atoms with Crippen molar-refractivity contribution in [1.82, 2.24) is 9.80 Å². The van der Waals surface area contributed by atoms with E-state index >= 15 is 0 Å². The van der Waals surface area contributed by atoms with Crippen molar-refractivity contribution >= 4 is 34.8 Å². The largest absolute Gasteiger partial charge is 0.486 e. The molecule has 3 atom stereocenters. The summed E-state index contributed by atoms with van der Waals surface area (Å²) in [4.78, 5) is 42.9. The maximum atomic E-state index is 13.7. The van der Waals surface area contributed by atoms with Crippen molar-refractivity contribution in [3.8, 4) is 5.75 Å². The molecule has 10 nitrogen and oxygen atoms in total. The zero-order valence-electron chi connectivity index (χ0n) is 25.5. The van der Waals surface area contributed by atoms with Crippen LogP contribution in [0, 0.1) is 11.8 Å². The van der Waals surface area contributed by atoms with E-state index in [0.29, 0.717) is 53.6 Å². The summed E-state index contributed by atoms with van der Waals surface area (Å²) in [7, 11) is 1.99. The van der Waals surface area contributed by atoms with Crippen LogP contribution in [0.2, 0.25) is 0 Å². The molecule has 0 spiro atoms. The fourth-order valence-electron chi connectivity index (χ4n) is 5.39. The van der Waals surface area contributed by atoms with E-state index in [4.69, 9.17) is 10.5 Å². The van der Waals surface area contributed by atoms with Crippen LogP contribution in [-0.4, -0.2) is 71.5 Å². The van der Waals surface area contributed by atoms with E-state index in [1.54, 1.807) is 47.4 Å². The zero-order valence-corrected chi connectivity index (χ0v) is 25.5. The number of likely N-dealkylation sites (N-methyl/N-ethyl adjacent to an activating group) is 1. The highest BCUT2D eigenvalue weighted by molar-refractivity contribution is 6.05. The van der Waals surface area contributed by atoms with Gasteiger partial charge in [-0.3, -0.25) is 19.3 Å². The van der Waals surface area contributed by atoms with Crippen molar-refractivity contribution in [2.75, 3.05) is 43.1 Å². The SMILES string of the molecule is C[C@@H]1CN([C@H](C)CO)C(=O)c2cccc(NC(=O)C3CC3)c2O[C@H]1CN(C)Cc1ccc(C(=O)Nc2ccccc2N)cc1. The number of anilines is 3. The molecule has 0 saturated heterocycles. The second kappa shape index (κ2) is 13.5. The third kappa shape index (κ3) is 7.20. The molecule has 3 amide bonds. The molecule has 1 aliphatic carbocycles. The first-order chi connectivity index (χ1) is 21.1. The summed E-state index contributed by atoms with van der Waals surface area (Å²) < 4.78 is 6.61. The van der Waals surface area contributed by atoms with Gasteiger partial charge in [-0.2, -0.15) is 0 Å². The number of nitrogens with two attached hydrogens (primary N) is 1. The lowest BCUT2D eigenvalue weighted by Gasteiger charge is -2.38. The fourth-order valence-corrected chi connectivity index (χ4v) is 5.39. The van der Waals surface area contributed by atoms with Crippen LogP contribution in [0.25, 0.3) is 0 Å². The summed E-state index contributed by atoms with van der Waals surface area (Å²) in [6.45, 7) is 5.24. The summed E-state index contributed by atoms with van der Waals surface area (Å²) in [5.74, 6) is -0.256. The first-order valence-electron chi connectivity index (χ1n) is 15.1. The van der Waals surface area contributed by atoms with Gasteiger partial charge in [0.25, 0.3) is 11.8 Å². The molecule has 1 fully saturated rings. The quantitative estimate of drug-likeness (QED) is 0.256. The molecule has 1 heterocycles. The third-order valence-corrected chi connectivity index (χ3v) is 8.27. The van der Waals surface area contributed by atoms with Gasteiger partial charge in [0.05, 0.1) is 35.3 Å². The zero-order chi connectivity index (χ0) is 31.4. The molecule has 5 N–H and O–H groups in total. The topological polar surface area (TPSA) is 137 Å². The standard InChI is InChI=1S/C34H41N5O5/c1-21-17-39(22(2)20-40)34(43)26-7-6-10-29(37-33(42)25-15-16-25)31(26)44-30(21)19-38(3)18-23-11-13-24(14-12-23)32(41)36-28-9-5-4-8-27(28)35/h4-14,21-22,25,30,40H,15-20,35H2,1-3H3,(H,36,41)(H,37,42)/t21-,22-,30+/m1/s1. The number of rotatable bonds is 10. The highest BCUT2D eigenvalue weighted by Gasteiger charge is 2.36. The third-order valence-electron chi connectivity index (χ3n) is 8.27. The van der Waals surface area contributed by atoms with Gasteiger partial charge >= 0.3 is 0 Å². The van der Waals surface area contributed by atoms with E-state index < -0.39 is 0 Å². The molecule has 1 saturated carbocycles. The Morgan fingerprint density at radius 2 is 1.75 bits per heavy atom. The van der Waals surface area contributed by atoms with Crippen LogP contribution in [0.3, 0.4) is 0 Å². The first-order valence-corrected chi connectivity index (χ1v) is 15.1. The molecule has 0 aromatic heterocycles. The number of hydrogen-bond acceptors (Lipinski definition) is 7. The van der Waals surface area contributed by atoms with Gasteiger partial charge in [0.1, 0.15) is 6.10 Å². The van der Waals surface area contributed by atoms with Gasteiger partial charge in [-0.15, -0.1) is 0 Å². The van der Waals surface area contributed by atoms with Crippen molar-refractivity contribution < 1.29 is 24.2 Å². The molecule has 5 rings (SSSR count). The van der Waals surface area contributed by atoms with Crippen molar-refractivity contribution in [2.24, 2.45) is 11.8 Å². The number of carbonyl (C=O) groups is 3. The molecule has 2 aliphatic rings. The number of aliphatic hydroxyl groups is 1. The van der Waals surface area contributed by atoms with Gasteiger partial charge in [-0.05, 0) is 68.8 Å². The molecule has 3 aromatic rings. The smallest absolute Gasteiger partial charge is 0.258 e. The maximum Gasteiger partial charge on any atom is 0.258 e. The summed E-state index contributed by atoms with van der Waals surface area (Å²) in [5, 5.41) is 15.8. The lowest BCUT2D eigenvalue weighted by molar-refractivity contribution is -0.117. The highest BCUT2D eigenvalue weighted by Crippen LogP contribution is 2.37.